The fourth-order valence-electron chi connectivity index (χ4n) is 1.85. The van der Waals surface area contributed by atoms with Crippen molar-refractivity contribution < 1.29 is 9.72 Å². The lowest BCUT2D eigenvalue weighted by Crippen LogP contribution is -2.14. The van der Waals surface area contributed by atoms with Crippen LogP contribution >= 0.6 is 11.6 Å². The Labute approximate surface area is 139 Å². The number of nitro groups is 1. The van der Waals surface area contributed by atoms with Crippen molar-refractivity contribution in [2.45, 2.75) is 0 Å². The van der Waals surface area contributed by atoms with Crippen molar-refractivity contribution in [2.24, 2.45) is 0 Å². The Kier molecular flexibility index (Phi) is 4.12. The molecule has 0 atom stereocenters. The molecule has 0 saturated carbocycles. The maximum atomic E-state index is 12.3. The summed E-state index contributed by atoms with van der Waals surface area (Å²) in [7, 11) is 0. The zero-order chi connectivity index (χ0) is 17.1. The minimum Gasteiger partial charge on any atom is -0.306 e. The first-order valence-corrected chi connectivity index (χ1v) is 6.85. The Morgan fingerprint density at radius 2 is 2.08 bits per heavy atom. The summed E-state index contributed by atoms with van der Waals surface area (Å²) in [6.45, 7) is 0. The van der Waals surface area contributed by atoms with E-state index in [2.05, 4.69) is 25.4 Å². The van der Waals surface area contributed by atoms with Crippen molar-refractivity contribution in [2.75, 3.05) is 5.32 Å². The van der Waals surface area contributed by atoms with Gasteiger partial charge in [0.2, 0.25) is 0 Å². The second-order valence-corrected chi connectivity index (χ2v) is 4.88. The quantitative estimate of drug-likeness (QED) is 0.564. The van der Waals surface area contributed by atoms with Gasteiger partial charge in [0.1, 0.15) is 24.8 Å². The van der Waals surface area contributed by atoms with Crippen molar-refractivity contribution >= 4 is 29.0 Å². The molecule has 3 aromatic rings. The number of hydrogen-bond acceptors (Lipinski definition) is 7. The third kappa shape index (κ3) is 3.17. The van der Waals surface area contributed by atoms with Gasteiger partial charge in [-0.15, -0.1) is 0 Å². The van der Waals surface area contributed by atoms with Gasteiger partial charge in [0.25, 0.3) is 11.6 Å². The molecule has 0 aliphatic rings. The van der Waals surface area contributed by atoms with E-state index in [1.54, 1.807) is 0 Å². The molecule has 10 nitrogen and oxygen atoms in total. The highest BCUT2D eigenvalue weighted by Crippen LogP contribution is 2.23. The number of halogens is 1. The summed E-state index contributed by atoms with van der Waals surface area (Å²) in [5.41, 5.74) is -0.276. The summed E-state index contributed by atoms with van der Waals surface area (Å²) in [5.74, 6) is -0.0575. The van der Waals surface area contributed by atoms with Crippen molar-refractivity contribution in [3.8, 4) is 5.82 Å². The highest BCUT2D eigenvalue weighted by molar-refractivity contribution is 6.34. The van der Waals surface area contributed by atoms with Crippen LogP contribution in [0.1, 0.15) is 10.4 Å². The van der Waals surface area contributed by atoms with Crippen LogP contribution in [0.5, 0.6) is 0 Å². The summed E-state index contributed by atoms with van der Waals surface area (Å²) in [6.07, 6.45) is 4.01. The van der Waals surface area contributed by atoms with E-state index >= 15 is 0 Å². The fraction of sp³-hybridized carbons (Fsp3) is 0. The van der Waals surface area contributed by atoms with Crippen LogP contribution in [0.4, 0.5) is 11.5 Å². The SMILES string of the molecule is O=C(Nc1cc(-n2cncn2)ncn1)c1cc([N+](=O)[O-])ccc1Cl. The lowest BCUT2D eigenvalue weighted by atomic mass is 10.2. The number of nitrogens with zero attached hydrogens (tertiary/aromatic N) is 6. The Bertz CT molecular complexity index is 914. The number of anilines is 1. The number of nitrogens with one attached hydrogen (secondary N) is 1. The molecule has 0 spiro atoms. The second kappa shape index (κ2) is 6.38. The average Bonchev–Trinajstić information content (AvgIpc) is 3.09. The van der Waals surface area contributed by atoms with Crippen molar-refractivity contribution in [3.63, 3.8) is 0 Å². The Morgan fingerprint density at radius 1 is 1.25 bits per heavy atom. The van der Waals surface area contributed by atoms with Crippen LogP contribution < -0.4 is 5.32 Å². The van der Waals surface area contributed by atoms with Gasteiger partial charge in [-0.25, -0.2) is 19.6 Å². The van der Waals surface area contributed by atoms with Gasteiger partial charge >= 0.3 is 0 Å². The van der Waals surface area contributed by atoms with E-state index in [1.807, 2.05) is 0 Å². The Balaban J connectivity index is 1.87. The summed E-state index contributed by atoms with van der Waals surface area (Å²) >= 11 is 5.94. The molecule has 0 saturated heterocycles. The maximum Gasteiger partial charge on any atom is 0.270 e. The minimum atomic E-state index is -0.632. The molecule has 0 radical (unpaired) electrons. The average molecular weight is 346 g/mol. The number of amides is 1. The number of aromatic nitrogens is 5. The van der Waals surface area contributed by atoms with E-state index in [1.165, 1.54) is 41.9 Å². The normalized spacial score (nSPS) is 10.4. The molecule has 11 heteroatoms. The first-order chi connectivity index (χ1) is 11.5. The zero-order valence-corrected chi connectivity index (χ0v) is 12.6. The summed E-state index contributed by atoms with van der Waals surface area (Å²) in [4.78, 5) is 34.2. The van der Waals surface area contributed by atoms with Gasteiger partial charge in [-0.05, 0) is 6.07 Å². The highest BCUT2D eigenvalue weighted by atomic mass is 35.5. The van der Waals surface area contributed by atoms with Gasteiger partial charge in [-0.3, -0.25) is 14.9 Å². The standard InChI is InChI=1S/C13H8ClN7O3/c14-10-2-1-8(21(23)24)3-9(10)13(22)19-11-4-12(17-6-16-11)20-7-15-5-18-20/h1-7H,(H,16,17,19,22). The lowest BCUT2D eigenvalue weighted by Gasteiger charge is -2.07. The van der Waals surface area contributed by atoms with Crippen molar-refractivity contribution in [3.05, 3.63) is 63.9 Å². The molecular weight excluding hydrogens is 338 g/mol. The molecule has 0 bridgehead atoms. The molecule has 0 fully saturated rings. The van der Waals surface area contributed by atoms with Gasteiger partial charge in [-0.1, -0.05) is 11.6 Å². The van der Waals surface area contributed by atoms with E-state index in [9.17, 15) is 14.9 Å². The van der Waals surface area contributed by atoms with Gasteiger partial charge < -0.3 is 5.32 Å². The molecule has 2 aromatic heterocycles. The fourth-order valence-corrected chi connectivity index (χ4v) is 2.06. The zero-order valence-electron chi connectivity index (χ0n) is 11.8. The van der Waals surface area contributed by atoms with Crippen LogP contribution in [0.2, 0.25) is 5.02 Å². The third-order valence-electron chi connectivity index (χ3n) is 2.95. The van der Waals surface area contributed by atoms with E-state index in [0.29, 0.717) is 5.82 Å². The summed E-state index contributed by atoms with van der Waals surface area (Å²) in [6, 6.07) is 5.07. The van der Waals surface area contributed by atoms with E-state index in [4.69, 9.17) is 11.6 Å². The number of non-ortho nitro benzene ring substituents is 1. The van der Waals surface area contributed by atoms with E-state index in [-0.39, 0.29) is 22.1 Å². The number of hydrogen-bond donors (Lipinski definition) is 1. The monoisotopic (exact) mass is 345 g/mol. The van der Waals surface area contributed by atoms with Gasteiger partial charge in [0.05, 0.1) is 15.5 Å². The van der Waals surface area contributed by atoms with Crippen LogP contribution in [0.25, 0.3) is 5.82 Å². The highest BCUT2D eigenvalue weighted by Gasteiger charge is 2.16. The number of benzene rings is 1. The van der Waals surface area contributed by atoms with Crippen LogP contribution in [0.15, 0.2) is 43.2 Å². The molecule has 1 N–H and O–H groups in total. The summed E-state index contributed by atoms with van der Waals surface area (Å²) < 4.78 is 1.39. The first-order valence-electron chi connectivity index (χ1n) is 6.47. The molecule has 120 valence electrons. The van der Waals surface area contributed by atoms with Gasteiger partial charge in [-0.2, -0.15) is 5.10 Å². The minimum absolute atomic E-state index is 0.0354. The van der Waals surface area contributed by atoms with Gasteiger partial charge in [0, 0.05) is 18.2 Å². The van der Waals surface area contributed by atoms with E-state index < -0.39 is 10.8 Å². The van der Waals surface area contributed by atoms with E-state index in [0.717, 1.165) is 6.07 Å². The third-order valence-corrected chi connectivity index (χ3v) is 3.28. The first kappa shape index (κ1) is 15.5. The predicted molar refractivity (Wildman–Crippen MR) is 83.0 cm³/mol. The molecule has 1 amide bonds. The molecular formula is C13H8ClN7O3. The topological polar surface area (TPSA) is 129 Å². The number of rotatable bonds is 4. The smallest absolute Gasteiger partial charge is 0.270 e. The van der Waals surface area contributed by atoms with Crippen LogP contribution in [0, 0.1) is 10.1 Å². The molecule has 0 aliphatic carbocycles. The molecule has 2 heterocycles. The van der Waals surface area contributed by atoms with Crippen molar-refractivity contribution in [1.29, 1.82) is 0 Å². The predicted octanol–water partition coefficient (Wildman–Crippen LogP) is 1.87. The molecule has 24 heavy (non-hydrogen) atoms. The Hall–Kier alpha value is -3.40. The largest absolute Gasteiger partial charge is 0.306 e. The van der Waals surface area contributed by atoms with Crippen molar-refractivity contribution in [1.82, 2.24) is 24.7 Å². The second-order valence-electron chi connectivity index (χ2n) is 4.48. The van der Waals surface area contributed by atoms with Crippen LogP contribution in [-0.4, -0.2) is 35.6 Å². The van der Waals surface area contributed by atoms with Crippen LogP contribution in [-0.2, 0) is 0 Å². The number of carbonyl (C=O) groups is 1. The molecule has 0 aliphatic heterocycles. The summed E-state index contributed by atoms with van der Waals surface area (Å²) in [5, 5.41) is 17.3. The molecule has 0 unspecified atom stereocenters. The maximum absolute atomic E-state index is 12.3. The number of nitro benzene ring substituents is 1. The molecule has 3 rings (SSSR count). The lowest BCUT2D eigenvalue weighted by molar-refractivity contribution is -0.384. The van der Waals surface area contributed by atoms with Gasteiger partial charge in [0.15, 0.2) is 5.82 Å². The Morgan fingerprint density at radius 3 is 2.79 bits per heavy atom. The van der Waals surface area contributed by atoms with Crippen LogP contribution in [0.3, 0.4) is 0 Å². The number of carbonyl (C=O) groups excluding carboxylic acids is 1. The molecule has 1 aromatic carbocycles.